The zero-order valence-corrected chi connectivity index (χ0v) is 26.5. The molecular formula is C28H45N3O7S2. The summed E-state index contributed by atoms with van der Waals surface area (Å²) >= 11 is 1.50. The van der Waals surface area contributed by atoms with Crippen LogP contribution in [0.5, 0.6) is 0 Å². The number of nitrogens with zero attached hydrogens (tertiary/aromatic N) is 3. The third kappa shape index (κ3) is 7.19. The van der Waals surface area contributed by atoms with Crippen LogP contribution in [-0.4, -0.2) is 88.5 Å². The van der Waals surface area contributed by atoms with Crippen LogP contribution in [0.2, 0.25) is 0 Å². The number of esters is 1. The molecule has 3 rings (SSSR count). The highest BCUT2D eigenvalue weighted by atomic mass is 32.2. The smallest absolute Gasteiger partial charge is 0.309 e. The summed E-state index contributed by atoms with van der Waals surface area (Å²) in [7, 11) is -0.726. The van der Waals surface area contributed by atoms with E-state index in [2.05, 4.69) is 4.98 Å². The van der Waals surface area contributed by atoms with E-state index in [4.69, 9.17) is 4.74 Å². The van der Waals surface area contributed by atoms with Crippen molar-refractivity contribution in [1.82, 2.24) is 13.6 Å². The van der Waals surface area contributed by atoms with Crippen LogP contribution < -0.4 is 0 Å². The lowest BCUT2D eigenvalue weighted by Gasteiger charge is -2.34. The van der Waals surface area contributed by atoms with Crippen LogP contribution in [0.4, 0.5) is 0 Å². The summed E-state index contributed by atoms with van der Waals surface area (Å²) in [4.78, 5) is 30.9. The van der Waals surface area contributed by atoms with Crippen molar-refractivity contribution in [1.29, 1.82) is 0 Å². The second-order valence-corrected chi connectivity index (χ2v) is 15.3. The molecule has 10 nitrogen and oxygen atoms in total. The van der Waals surface area contributed by atoms with Gasteiger partial charge >= 0.3 is 5.97 Å². The van der Waals surface area contributed by atoms with E-state index in [9.17, 15) is 28.2 Å². The minimum Gasteiger partial charge on any atom is -0.458 e. The summed E-state index contributed by atoms with van der Waals surface area (Å²) in [5.41, 5.74) is 0.150. The lowest BCUT2D eigenvalue weighted by atomic mass is 9.73. The number of Topliss-reactive ketones (excluding diaryl/α,β-unsaturated/α-hetero) is 1. The molecule has 12 heteroatoms. The first-order valence-corrected chi connectivity index (χ1v) is 16.2. The summed E-state index contributed by atoms with van der Waals surface area (Å²) < 4.78 is 34.8. The van der Waals surface area contributed by atoms with E-state index < -0.39 is 52.2 Å². The molecule has 0 aromatic carbocycles. The molecule has 8 atom stereocenters. The van der Waals surface area contributed by atoms with Gasteiger partial charge < -0.3 is 14.9 Å². The van der Waals surface area contributed by atoms with Gasteiger partial charge in [0.15, 0.2) is 0 Å². The van der Waals surface area contributed by atoms with Gasteiger partial charge in [-0.3, -0.25) is 9.59 Å². The number of aryl methyl sites for hydroxylation is 1. The van der Waals surface area contributed by atoms with Gasteiger partial charge in [-0.1, -0.05) is 34.1 Å². The van der Waals surface area contributed by atoms with Crippen molar-refractivity contribution in [2.45, 2.75) is 104 Å². The Labute approximate surface area is 242 Å². The van der Waals surface area contributed by atoms with Crippen LogP contribution >= 0.6 is 11.3 Å². The second kappa shape index (κ2) is 12.7. The van der Waals surface area contributed by atoms with E-state index in [1.807, 2.05) is 32.2 Å². The van der Waals surface area contributed by atoms with Gasteiger partial charge in [-0.25, -0.2) is 4.98 Å². The molecule has 2 fully saturated rings. The highest BCUT2D eigenvalue weighted by Gasteiger charge is 2.56. The molecule has 0 spiro atoms. The number of cyclic esters (lactones) is 1. The van der Waals surface area contributed by atoms with Gasteiger partial charge in [-0.05, 0) is 44.3 Å². The number of thiazole rings is 1. The Bertz CT molecular complexity index is 1210. The van der Waals surface area contributed by atoms with Crippen LogP contribution in [0.1, 0.15) is 77.4 Å². The number of rotatable bonds is 4. The fourth-order valence-corrected chi connectivity index (χ4v) is 7.63. The number of carbonyl (C=O) groups excluding carboxylic acids is 2. The van der Waals surface area contributed by atoms with E-state index in [-0.39, 0.29) is 30.2 Å². The molecule has 3 heterocycles. The Morgan fingerprint density at radius 3 is 2.42 bits per heavy atom. The normalized spacial score (nSPS) is 34.8. The molecule has 2 aliphatic rings. The summed E-state index contributed by atoms with van der Waals surface area (Å²) in [5.74, 6) is -1.97. The van der Waals surface area contributed by atoms with Gasteiger partial charge in [-0.15, -0.1) is 11.3 Å². The molecule has 2 N–H and O–H groups in total. The maximum atomic E-state index is 13.3. The van der Waals surface area contributed by atoms with E-state index in [0.717, 1.165) is 10.7 Å². The van der Waals surface area contributed by atoms with Crippen LogP contribution in [0.15, 0.2) is 11.0 Å². The van der Waals surface area contributed by atoms with E-state index >= 15 is 0 Å². The average Bonchev–Trinajstić information content (AvgIpc) is 3.41. The predicted molar refractivity (Wildman–Crippen MR) is 155 cm³/mol. The average molecular weight is 600 g/mol. The van der Waals surface area contributed by atoms with Crippen LogP contribution in [0, 0.1) is 24.2 Å². The molecule has 0 bridgehead atoms. The fourth-order valence-electron chi connectivity index (χ4n) is 5.58. The molecule has 0 aliphatic carbocycles. The minimum atomic E-state index is -3.71. The minimum absolute atomic E-state index is 0.208. The number of aliphatic hydroxyl groups is 2. The van der Waals surface area contributed by atoms with Crippen molar-refractivity contribution in [3.63, 3.8) is 0 Å². The quantitative estimate of drug-likeness (QED) is 0.398. The van der Waals surface area contributed by atoms with Gasteiger partial charge in [0.25, 0.3) is 10.2 Å². The van der Waals surface area contributed by atoms with Gasteiger partial charge in [0, 0.05) is 43.9 Å². The van der Waals surface area contributed by atoms with Crippen molar-refractivity contribution >= 4 is 39.4 Å². The molecular weight excluding hydrogens is 554 g/mol. The Morgan fingerprint density at radius 2 is 1.85 bits per heavy atom. The van der Waals surface area contributed by atoms with E-state index in [1.165, 1.54) is 34.0 Å². The zero-order valence-electron chi connectivity index (χ0n) is 24.8. The summed E-state index contributed by atoms with van der Waals surface area (Å²) in [6.45, 7) is 10.4. The Hall–Kier alpha value is -1.70. The Kier molecular flexibility index (Phi) is 10.4. The summed E-state index contributed by atoms with van der Waals surface area (Å²) in [5, 5.41) is 24.7. The Balaban J connectivity index is 1.97. The molecule has 1 aromatic heterocycles. The molecule has 0 radical (unpaired) electrons. The number of hydrogen-bond acceptors (Lipinski definition) is 9. The monoisotopic (exact) mass is 599 g/mol. The summed E-state index contributed by atoms with van der Waals surface area (Å²) in [6.07, 6.45) is 0.519. The van der Waals surface area contributed by atoms with Gasteiger partial charge in [0.2, 0.25) is 0 Å². The molecule has 1 aromatic rings. The first-order valence-electron chi connectivity index (χ1n) is 13.9. The van der Waals surface area contributed by atoms with E-state index in [0.29, 0.717) is 24.8 Å². The molecule has 226 valence electrons. The lowest BCUT2D eigenvalue weighted by molar-refractivity contribution is -0.154. The SMILES string of the molecule is C/C(=C\c1csc(C)n1)C1CC2[C@@H](CCC[C@H](C)[C@H](O)[C@@H](C)C(=O)C(C)(C)C(O)CC(=O)O1)N2S(=O)(=O)N(C)C. The first kappa shape index (κ1) is 32.8. The number of fused-ring (bicyclic) bond motifs is 1. The standard InChI is InChI=1S/C28H45N3O7S2/c1-16-10-9-11-21-22(31(21)40(36,37)30(7)8)13-23(17(2)12-20-15-39-19(4)29-20)38-25(33)14-24(32)28(5,6)27(35)18(3)26(16)34/h12,15-16,18,21-24,26,32,34H,9-11,13-14H2,1-8H3/b17-12+/t16-,18+,21+,22?,23?,24?,26-,31?/m0/s1. The van der Waals surface area contributed by atoms with Crippen LogP contribution in [-0.2, 0) is 24.5 Å². The van der Waals surface area contributed by atoms with Gasteiger partial charge in [-0.2, -0.15) is 17.0 Å². The molecule has 2 aliphatic heterocycles. The van der Waals surface area contributed by atoms with Crippen LogP contribution in [0.3, 0.4) is 0 Å². The molecule has 0 saturated carbocycles. The molecule has 2 saturated heterocycles. The summed E-state index contributed by atoms with van der Waals surface area (Å²) in [6, 6.07) is -0.649. The molecule has 0 amide bonds. The number of hydrogen-bond donors (Lipinski definition) is 2. The third-order valence-corrected chi connectivity index (χ3v) is 11.3. The molecule has 4 unspecified atom stereocenters. The fraction of sp³-hybridized carbons (Fsp3) is 0.750. The third-order valence-electron chi connectivity index (χ3n) is 8.48. The topological polar surface area (TPSA) is 137 Å². The number of aliphatic hydroxyl groups excluding tert-OH is 2. The predicted octanol–water partition coefficient (Wildman–Crippen LogP) is 3.18. The number of carbonyl (C=O) groups is 2. The van der Waals surface area contributed by atoms with Crippen molar-refractivity contribution in [3.05, 3.63) is 21.7 Å². The highest BCUT2D eigenvalue weighted by molar-refractivity contribution is 7.87. The van der Waals surface area contributed by atoms with Crippen molar-refractivity contribution in [3.8, 4) is 0 Å². The van der Waals surface area contributed by atoms with Gasteiger partial charge in [0.05, 0.1) is 34.7 Å². The first-order chi connectivity index (χ1) is 18.5. The Morgan fingerprint density at radius 1 is 1.20 bits per heavy atom. The molecule has 40 heavy (non-hydrogen) atoms. The van der Waals surface area contributed by atoms with Gasteiger partial charge in [0.1, 0.15) is 11.9 Å². The second-order valence-electron chi connectivity index (χ2n) is 12.1. The van der Waals surface area contributed by atoms with E-state index in [1.54, 1.807) is 20.8 Å². The lowest BCUT2D eigenvalue weighted by Crippen LogP contribution is -2.45. The maximum Gasteiger partial charge on any atom is 0.309 e. The largest absolute Gasteiger partial charge is 0.458 e. The number of ketones is 1. The number of aromatic nitrogens is 1. The maximum absolute atomic E-state index is 13.3. The van der Waals surface area contributed by atoms with Crippen LogP contribution in [0.25, 0.3) is 6.08 Å². The van der Waals surface area contributed by atoms with Crippen molar-refractivity contribution < 1.29 is 33.0 Å². The van der Waals surface area contributed by atoms with Crippen molar-refractivity contribution in [2.75, 3.05) is 14.1 Å². The van der Waals surface area contributed by atoms with Crippen molar-refractivity contribution in [2.24, 2.45) is 17.3 Å². The highest BCUT2D eigenvalue weighted by Crippen LogP contribution is 2.42. The zero-order chi connectivity index (χ0) is 30.2. The number of ether oxygens (including phenoxy) is 1.